The minimum Gasteiger partial charge on any atom is -0.327 e. The fourth-order valence-electron chi connectivity index (χ4n) is 3.18. The summed E-state index contributed by atoms with van der Waals surface area (Å²) < 4.78 is 13.3. The zero-order chi connectivity index (χ0) is 14.1. The Balaban J connectivity index is 1.72. The maximum atomic E-state index is 13.3. The van der Waals surface area contributed by atoms with Gasteiger partial charge in [-0.15, -0.1) is 0 Å². The zero-order valence-electron chi connectivity index (χ0n) is 11.8. The number of aryl methyl sites for hydroxylation is 1. The van der Waals surface area contributed by atoms with E-state index < -0.39 is 0 Å². The molecule has 1 aliphatic carbocycles. The first-order valence-corrected chi connectivity index (χ1v) is 7.21. The first-order valence-electron chi connectivity index (χ1n) is 7.21. The lowest BCUT2D eigenvalue weighted by Crippen LogP contribution is -2.33. The molecule has 2 heteroatoms. The monoisotopic (exact) mass is 269 g/mol. The molecule has 1 aliphatic rings. The molecule has 0 bridgehead atoms. The van der Waals surface area contributed by atoms with Gasteiger partial charge in [-0.25, -0.2) is 4.39 Å². The third-order valence-corrected chi connectivity index (χ3v) is 4.45. The third-order valence-electron chi connectivity index (χ3n) is 4.45. The van der Waals surface area contributed by atoms with E-state index in [2.05, 4.69) is 24.3 Å². The molecule has 0 heterocycles. The molecule has 0 aromatic heterocycles. The van der Waals surface area contributed by atoms with Gasteiger partial charge in [-0.05, 0) is 66.5 Å². The molecule has 0 fully saturated rings. The van der Waals surface area contributed by atoms with Gasteiger partial charge in [0.15, 0.2) is 0 Å². The smallest absolute Gasteiger partial charge is 0.123 e. The number of fused-ring (bicyclic) bond motifs is 1. The van der Waals surface area contributed by atoms with Gasteiger partial charge in [0.1, 0.15) is 5.82 Å². The summed E-state index contributed by atoms with van der Waals surface area (Å²) in [4.78, 5) is 0. The van der Waals surface area contributed by atoms with E-state index in [1.807, 2.05) is 13.0 Å². The summed E-state index contributed by atoms with van der Waals surface area (Å²) in [5, 5.41) is 0. The topological polar surface area (TPSA) is 26.0 Å². The number of hydrogen-bond acceptors (Lipinski definition) is 1. The Morgan fingerprint density at radius 1 is 1.15 bits per heavy atom. The molecule has 1 nitrogen and oxygen atoms in total. The van der Waals surface area contributed by atoms with E-state index >= 15 is 0 Å². The molecule has 0 amide bonds. The minimum atomic E-state index is -0.174. The fraction of sp³-hybridized carbons (Fsp3) is 0.333. The van der Waals surface area contributed by atoms with Crippen LogP contribution in [0.3, 0.4) is 0 Å². The molecule has 2 N–H and O–H groups in total. The van der Waals surface area contributed by atoms with E-state index in [1.165, 1.54) is 17.2 Å². The molecular weight excluding hydrogens is 249 g/mol. The van der Waals surface area contributed by atoms with Crippen molar-refractivity contribution in [3.8, 4) is 0 Å². The van der Waals surface area contributed by atoms with Crippen molar-refractivity contribution in [2.24, 2.45) is 11.7 Å². The average molecular weight is 269 g/mol. The Kier molecular flexibility index (Phi) is 3.58. The summed E-state index contributed by atoms with van der Waals surface area (Å²) in [6.45, 7) is 2.02. The number of nitrogens with two attached hydrogens (primary N) is 1. The lowest BCUT2D eigenvalue weighted by atomic mass is 9.90. The molecule has 1 atom stereocenters. The van der Waals surface area contributed by atoms with Gasteiger partial charge in [-0.3, -0.25) is 0 Å². The van der Waals surface area contributed by atoms with Gasteiger partial charge >= 0.3 is 0 Å². The number of rotatable bonds is 3. The van der Waals surface area contributed by atoms with Gasteiger partial charge < -0.3 is 5.73 Å². The van der Waals surface area contributed by atoms with Crippen LogP contribution in [0.5, 0.6) is 0 Å². The number of halogens is 1. The van der Waals surface area contributed by atoms with Crippen LogP contribution in [0.4, 0.5) is 4.39 Å². The third kappa shape index (κ3) is 2.61. The fourth-order valence-corrected chi connectivity index (χ4v) is 3.18. The lowest BCUT2D eigenvalue weighted by molar-refractivity contribution is 0.436. The molecule has 0 aliphatic heterocycles. The van der Waals surface area contributed by atoms with E-state index in [9.17, 15) is 4.39 Å². The molecule has 3 rings (SSSR count). The van der Waals surface area contributed by atoms with Gasteiger partial charge in [-0.2, -0.15) is 0 Å². The van der Waals surface area contributed by atoms with Gasteiger partial charge in [0, 0.05) is 6.04 Å². The predicted octanol–water partition coefficient (Wildman–Crippen LogP) is 3.42. The second-order valence-corrected chi connectivity index (χ2v) is 5.88. The highest BCUT2D eigenvalue weighted by Crippen LogP contribution is 2.29. The highest BCUT2D eigenvalue weighted by atomic mass is 19.1. The van der Waals surface area contributed by atoms with Crippen molar-refractivity contribution in [3.63, 3.8) is 0 Å². The van der Waals surface area contributed by atoms with Gasteiger partial charge in [0.2, 0.25) is 0 Å². The van der Waals surface area contributed by atoms with E-state index in [-0.39, 0.29) is 11.9 Å². The van der Waals surface area contributed by atoms with Gasteiger partial charge in [0.25, 0.3) is 0 Å². The van der Waals surface area contributed by atoms with Crippen molar-refractivity contribution in [2.75, 3.05) is 0 Å². The maximum absolute atomic E-state index is 13.3. The minimum absolute atomic E-state index is 0.0860. The van der Waals surface area contributed by atoms with Crippen LogP contribution in [-0.4, -0.2) is 6.04 Å². The highest BCUT2D eigenvalue weighted by molar-refractivity contribution is 5.33. The Morgan fingerprint density at radius 2 is 1.80 bits per heavy atom. The largest absolute Gasteiger partial charge is 0.327 e. The van der Waals surface area contributed by atoms with Crippen LogP contribution >= 0.6 is 0 Å². The Bertz CT molecular complexity index is 596. The maximum Gasteiger partial charge on any atom is 0.123 e. The standard InChI is InChI=1S/C18H20FN/c1-12-6-7-17(19)10-15(12)11-18(20)16-8-13-4-2-3-5-14(13)9-16/h2-7,10,16,18H,8-9,11,20H2,1H3. The van der Waals surface area contributed by atoms with Crippen LogP contribution in [0.25, 0.3) is 0 Å². The second-order valence-electron chi connectivity index (χ2n) is 5.88. The van der Waals surface area contributed by atoms with Crippen molar-refractivity contribution >= 4 is 0 Å². The molecule has 104 valence electrons. The molecular formula is C18H20FN. The molecule has 20 heavy (non-hydrogen) atoms. The summed E-state index contributed by atoms with van der Waals surface area (Å²) in [7, 11) is 0. The number of benzene rings is 2. The summed E-state index contributed by atoms with van der Waals surface area (Å²) >= 11 is 0. The predicted molar refractivity (Wildman–Crippen MR) is 80.2 cm³/mol. The summed E-state index contributed by atoms with van der Waals surface area (Å²) in [5.41, 5.74) is 11.4. The molecule has 0 radical (unpaired) electrons. The molecule has 2 aromatic rings. The quantitative estimate of drug-likeness (QED) is 0.907. The van der Waals surface area contributed by atoms with Crippen LogP contribution in [-0.2, 0) is 19.3 Å². The summed E-state index contributed by atoms with van der Waals surface area (Å²) in [6, 6.07) is 13.6. The lowest BCUT2D eigenvalue weighted by Gasteiger charge is -2.20. The van der Waals surface area contributed by atoms with Crippen molar-refractivity contribution in [1.82, 2.24) is 0 Å². The van der Waals surface area contributed by atoms with E-state index in [1.54, 1.807) is 6.07 Å². The van der Waals surface area contributed by atoms with E-state index in [0.717, 1.165) is 30.4 Å². The molecule has 0 saturated carbocycles. The van der Waals surface area contributed by atoms with Crippen molar-refractivity contribution in [2.45, 2.75) is 32.2 Å². The van der Waals surface area contributed by atoms with Crippen LogP contribution in [0.2, 0.25) is 0 Å². The van der Waals surface area contributed by atoms with Gasteiger partial charge in [0.05, 0.1) is 0 Å². The molecule has 0 saturated heterocycles. The van der Waals surface area contributed by atoms with Crippen LogP contribution in [0.1, 0.15) is 22.3 Å². The van der Waals surface area contributed by atoms with Crippen molar-refractivity contribution in [1.29, 1.82) is 0 Å². The summed E-state index contributed by atoms with van der Waals surface area (Å²) in [6.07, 6.45) is 2.85. The van der Waals surface area contributed by atoms with Crippen LogP contribution in [0, 0.1) is 18.7 Å². The zero-order valence-corrected chi connectivity index (χ0v) is 11.8. The van der Waals surface area contributed by atoms with Gasteiger partial charge in [-0.1, -0.05) is 30.3 Å². The normalized spacial score (nSPS) is 16.1. The van der Waals surface area contributed by atoms with Crippen LogP contribution in [0.15, 0.2) is 42.5 Å². The first kappa shape index (κ1) is 13.3. The Morgan fingerprint density at radius 3 is 2.45 bits per heavy atom. The first-order chi connectivity index (χ1) is 9.63. The molecule has 2 aromatic carbocycles. The Labute approximate surface area is 119 Å². The van der Waals surface area contributed by atoms with E-state index in [4.69, 9.17) is 5.73 Å². The Hall–Kier alpha value is -1.67. The highest BCUT2D eigenvalue weighted by Gasteiger charge is 2.26. The van der Waals surface area contributed by atoms with E-state index in [0.29, 0.717) is 5.92 Å². The number of hydrogen-bond donors (Lipinski definition) is 1. The van der Waals surface area contributed by atoms with Crippen LogP contribution < -0.4 is 5.73 Å². The summed E-state index contributed by atoms with van der Waals surface area (Å²) in [5.74, 6) is 0.294. The average Bonchev–Trinajstić information content (AvgIpc) is 2.87. The second kappa shape index (κ2) is 5.37. The van der Waals surface area contributed by atoms with Crippen molar-refractivity contribution in [3.05, 3.63) is 70.5 Å². The molecule has 0 spiro atoms. The van der Waals surface area contributed by atoms with Crippen molar-refractivity contribution < 1.29 is 4.39 Å². The molecule has 1 unspecified atom stereocenters. The SMILES string of the molecule is Cc1ccc(F)cc1CC(N)C1Cc2ccccc2C1.